The van der Waals surface area contributed by atoms with Gasteiger partial charge in [-0.05, 0) is 43.7 Å². The maximum atomic E-state index is 12.4. The lowest BCUT2D eigenvalue weighted by atomic mass is 10.1. The highest BCUT2D eigenvalue weighted by atomic mass is 16.2. The van der Waals surface area contributed by atoms with E-state index in [0.29, 0.717) is 5.92 Å². The maximum Gasteiger partial charge on any atom is 0.228 e. The molecular weight excluding hydrogens is 236 g/mol. The maximum absolute atomic E-state index is 12.4. The number of nitrogens with zero attached hydrogens (tertiary/aromatic N) is 1. The lowest BCUT2D eigenvalue weighted by Gasteiger charge is -2.08. The zero-order chi connectivity index (χ0) is 14.2. The van der Waals surface area contributed by atoms with Crippen LogP contribution in [0.15, 0.2) is 30.1 Å². The summed E-state index contributed by atoms with van der Waals surface area (Å²) in [6.07, 6.45) is 5.68. The van der Waals surface area contributed by atoms with Crippen LogP contribution in [0, 0.1) is 24.2 Å². The molecule has 0 radical (unpaired) electrons. The SMILES string of the molecule is CC(C)=C[C@@H]1[C@H](C(=O)Nc2ccncc2C)C1(C)C. The highest BCUT2D eigenvalue weighted by Crippen LogP contribution is 2.59. The second-order valence-corrected chi connectivity index (χ2v) is 6.25. The molecule has 1 heterocycles. The Morgan fingerprint density at radius 3 is 2.68 bits per heavy atom. The fraction of sp³-hybridized carbons (Fsp3) is 0.500. The van der Waals surface area contributed by atoms with E-state index in [-0.39, 0.29) is 17.2 Å². The third-order valence-electron chi connectivity index (χ3n) is 3.98. The minimum absolute atomic E-state index is 0.0578. The van der Waals surface area contributed by atoms with Gasteiger partial charge in [0.2, 0.25) is 5.91 Å². The Labute approximate surface area is 115 Å². The molecule has 1 saturated carbocycles. The normalized spacial score (nSPS) is 23.6. The fourth-order valence-corrected chi connectivity index (χ4v) is 2.67. The summed E-state index contributed by atoms with van der Waals surface area (Å²) in [4.78, 5) is 16.4. The summed E-state index contributed by atoms with van der Waals surface area (Å²) in [5.41, 5.74) is 3.18. The van der Waals surface area contributed by atoms with E-state index < -0.39 is 0 Å². The van der Waals surface area contributed by atoms with Crippen LogP contribution in [-0.4, -0.2) is 10.9 Å². The number of carbonyl (C=O) groups excluding carboxylic acids is 1. The van der Waals surface area contributed by atoms with Gasteiger partial charge in [-0.15, -0.1) is 0 Å². The number of amides is 1. The topological polar surface area (TPSA) is 42.0 Å². The first-order valence-electron chi connectivity index (χ1n) is 6.70. The van der Waals surface area contributed by atoms with Crippen molar-refractivity contribution < 1.29 is 4.79 Å². The summed E-state index contributed by atoms with van der Waals surface area (Å²) in [7, 11) is 0. The van der Waals surface area contributed by atoms with E-state index in [1.54, 1.807) is 12.4 Å². The van der Waals surface area contributed by atoms with Crippen LogP contribution in [0.25, 0.3) is 0 Å². The molecule has 102 valence electrons. The largest absolute Gasteiger partial charge is 0.325 e. The van der Waals surface area contributed by atoms with E-state index in [0.717, 1.165) is 11.3 Å². The van der Waals surface area contributed by atoms with Crippen LogP contribution in [0.2, 0.25) is 0 Å². The zero-order valence-electron chi connectivity index (χ0n) is 12.3. The minimum atomic E-state index is 0.0578. The Kier molecular flexibility index (Phi) is 3.48. The molecule has 1 fully saturated rings. The van der Waals surface area contributed by atoms with Crippen LogP contribution in [0.1, 0.15) is 33.3 Å². The van der Waals surface area contributed by atoms with E-state index in [1.807, 2.05) is 13.0 Å². The summed E-state index contributed by atoms with van der Waals surface area (Å²) in [6.45, 7) is 10.4. The Morgan fingerprint density at radius 1 is 1.42 bits per heavy atom. The van der Waals surface area contributed by atoms with E-state index >= 15 is 0 Å². The summed E-state index contributed by atoms with van der Waals surface area (Å²) in [5.74, 6) is 0.524. The number of hydrogen-bond donors (Lipinski definition) is 1. The quantitative estimate of drug-likeness (QED) is 0.842. The van der Waals surface area contributed by atoms with Crippen molar-refractivity contribution in [3.63, 3.8) is 0 Å². The van der Waals surface area contributed by atoms with Crippen LogP contribution in [0.4, 0.5) is 5.69 Å². The number of aromatic nitrogens is 1. The summed E-state index contributed by atoms with van der Waals surface area (Å²) in [6, 6.07) is 1.85. The zero-order valence-corrected chi connectivity index (χ0v) is 12.3. The molecule has 1 aliphatic carbocycles. The molecule has 0 spiro atoms. The Hall–Kier alpha value is -1.64. The molecule has 1 N–H and O–H groups in total. The van der Waals surface area contributed by atoms with Gasteiger partial charge < -0.3 is 5.32 Å². The number of aryl methyl sites for hydroxylation is 1. The van der Waals surface area contributed by atoms with Gasteiger partial charge in [0.15, 0.2) is 0 Å². The molecule has 1 aromatic heterocycles. The van der Waals surface area contributed by atoms with Gasteiger partial charge in [-0.25, -0.2) is 0 Å². The number of nitrogens with one attached hydrogen (secondary N) is 1. The molecule has 2 rings (SSSR count). The highest BCUT2D eigenvalue weighted by molar-refractivity contribution is 5.96. The fourth-order valence-electron chi connectivity index (χ4n) is 2.67. The van der Waals surface area contributed by atoms with E-state index in [1.165, 1.54) is 5.57 Å². The molecule has 1 amide bonds. The Bertz CT molecular complexity index is 527. The molecule has 0 aromatic carbocycles. The van der Waals surface area contributed by atoms with Crippen molar-refractivity contribution in [1.29, 1.82) is 0 Å². The highest BCUT2D eigenvalue weighted by Gasteiger charge is 2.60. The Balaban J connectivity index is 2.10. The standard InChI is InChI=1S/C16H22N2O/c1-10(2)8-12-14(16(12,4)5)15(19)18-13-6-7-17-9-11(13)3/h6-9,12,14H,1-5H3,(H,17,18,19)/t12-,14-/m1/s1. The van der Waals surface area contributed by atoms with Crippen molar-refractivity contribution in [2.45, 2.75) is 34.6 Å². The van der Waals surface area contributed by atoms with Crippen LogP contribution >= 0.6 is 0 Å². The van der Waals surface area contributed by atoms with Crippen molar-refractivity contribution >= 4 is 11.6 Å². The van der Waals surface area contributed by atoms with Crippen molar-refractivity contribution in [2.75, 3.05) is 5.32 Å². The molecular formula is C16H22N2O. The van der Waals surface area contributed by atoms with Gasteiger partial charge in [-0.2, -0.15) is 0 Å². The van der Waals surface area contributed by atoms with Crippen LogP contribution in [-0.2, 0) is 4.79 Å². The lowest BCUT2D eigenvalue weighted by Crippen LogP contribution is -2.17. The average molecular weight is 258 g/mol. The molecule has 0 aliphatic heterocycles. The summed E-state index contributed by atoms with van der Waals surface area (Å²) >= 11 is 0. The number of allylic oxidation sites excluding steroid dienone is 2. The number of anilines is 1. The molecule has 3 nitrogen and oxygen atoms in total. The van der Waals surface area contributed by atoms with Gasteiger partial charge in [0, 0.05) is 18.1 Å². The molecule has 0 bridgehead atoms. The van der Waals surface area contributed by atoms with Gasteiger partial charge in [0.1, 0.15) is 0 Å². The van der Waals surface area contributed by atoms with Crippen LogP contribution in [0.5, 0.6) is 0 Å². The third kappa shape index (κ3) is 2.70. The first-order valence-corrected chi connectivity index (χ1v) is 6.70. The molecule has 2 atom stereocenters. The van der Waals surface area contributed by atoms with Crippen molar-refractivity contribution in [3.8, 4) is 0 Å². The predicted octanol–water partition coefficient (Wildman–Crippen LogP) is 3.57. The third-order valence-corrected chi connectivity index (χ3v) is 3.98. The smallest absolute Gasteiger partial charge is 0.228 e. The average Bonchev–Trinajstić information content (AvgIpc) is 2.82. The van der Waals surface area contributed by atoms with E-state index in [9.17, 15) is 4.79 Å². The Morgan fingerprint density at radius 2 is 2.11 bits per heavy atom. The molecule has 1 aliphatic rings. The molecule has 1 aromatic rings. The van der Waals surface area contributed by atoms with Crippen molar-refractivity contribution in [1.82, 2.24) is 4.98 Å². The van der Waals surface area contributed by atoms with Crippen molar-refractivity contribution in [3.05, 3.63) is 35.7 Å². The van der Waals surface area contributed by atoms with E-state index in [2.05, 4.69) is 44.1 Å². The first kappa shape index (κ1) is 13.8. The minimum Gasteiger partial charge on any atom is -0.325 e. The summed E-state index contributed by atoms with van der Waals surface area (Å²) < 4.78 is 0. The number of pyridine rings is 1. The van der Waals surface area contributed by atoms with Gasteiger partial charge in [0.25, 0.3) is 0 Å². The molecule has 0 saturated heterocycles. The lowest BCUT2D eigenvalue weighted by molar-refractivity contribution is -0.118. The molecule has 19 heavy (non-hydrogen) atoms. The molecule has 0 unspecified atom stereocenters. The number of hydrogen-bond acceptors (Lipinski definition) is 2. The second-order valence-electron chi connectivity index (χ2n) is 6.25. The van der Waals surface area contributed by atoms with E-state index in [4.69, 9.17) is 0 Å². The second kappa shape index (κ2) is 4.80. The van der Waals surface area contributed by atoms with Crippen LogP contribution in [0.3, 0.4) is 0 Å². The summed E-state index contributed by atoms with van der Waals surface area (Å²) in [5, 5.41) is 3.02. The monoisotopic (exact) mass is 258 g/mol. The number of carbonyl (C=O) groups is 1. The number of rotatable bonds is 3. The molecule has 3 heteroatoms. The van der Waals surface area contributed by atoms with Gasteiger partial charge in [0.05, 0.1) is 5.92 Å². The van der Waals surface area contributed by atoms with Crippen molar-refractivity contribution in [2.24, 2.45) is 17.3 Å². The van der Waals surface area contributed by atoms with Crippen LogP contribution < -0.4 is 5.32 Å². The van der Waals surface area contributed by atoms with Gasteiger partial charge in [-0.3, -0.25) is 9.78 Å². The van der Waals surface area contributed by atoms with Gasteiger partial charge >= 0.3 is 0 Å². The first-order chi connectivity index (χ1) is 8.84. The van der Waals surface area contributed by atoms with Gasteiger partial charge in [-0.1, -0.05) is 25.5 Å². The predicted molar refractivity (Wildman–Crippen MR) is 77.8 cm³/mol.